The van der Waals surface area contributed by atoms with Gasteiger partial charge in [-0.15, -0.1) is 0 Å². The summed E-state index contributed by atoms with van der Waals surface area (Å²) in [6.07, 6.45) is 0.628. The molecular weight excluding hydrogens is 302 g/mol. The highest BCUT2D eigenvalue weighted by molar-refractivity contribution is 7.98. The lowest BCUT2D eigenvalue weighted by molar-refractivity contribution is 0.342. The van der Waals surface area contributed by atoms with E-state index < -0.39 is 0 Å². The van der Waals surface area contributed by atoms with Crippen LogP contribution in [-0.2, 0) is 12.2 Å². The largest absolute Gasteiger partial charge is 0.481 e. The third-order valence-electron chi connectivity index (χ3n) is 3.64. The molecule has 0 fully saturated rings. The lowest BCUT2D eigenvalue weighted by Gasteiger charge is -2.10. The van der Waals surface area contributed by atoms with Gasteiger partial charge in [-0.3, -0.25) is 4.79 Å². The number of aromatic nitrogens is 3. The molecule has 0 aliphatic carbocycles. The van der Waals surface area contributed by atoms with E-state index in [1.54, 1.807) is 7.11 Å². The number of ether oxygens (including phenoxy) is 2. The number of hydrogen-bond donors (Lipinski definition) is 1. The lowest BCUT2D eigenvalue weighted by Crippen LogP contribution is -2.12. The third-order valence-corrected chi connectivity index (χ3v) is 4.54. The molecule has 1 aliphatic heterocycles. The van der Waals surface area contributed by atoms with E-state index in [-0.39, 0.29) is 5.56 Å². The van der Waals surface area contributed by atoms with Gasteiger partial charge < -0.3 is 14.5 Å². The molecule has 0 radical (unpaired) electrons. The van der Waals surface area contributed by atoms with Crippen molar-refractivity contribution < 1.29 is 9.47 Å². The Morgan fingerprint density at radius 1 is 1.41 bits per heavy atom. The third kappa shape index (κ3) is 2.81. The first-order valence-electron chi connectivity index (χ1n) is 6.98. The van der Waals surface area contributed by atoms with Gasteiger partial charge in [-0.2, -0.15) is 4.98 Å². The molecule has 0 amide bonds. The molecule has 0 aromatic carbocycles. The molecule has 0 saturated heterocycles. The van der Waals surface area contributed by atoms with Crippen LogP contribution < -0.4 is 15.0 Å². The van der Waals surface area contributed by atoms with E-state index >= 15 is 0 Å². The van der Waals surface area contributed by atoms with Crippen LogP contribution in [0.1, 0.15) is 22.4 Å². The van der Waals surface area contributed by atoms with Crippen molar-refractivity contribution in [3.8, 4) is 11.8 Å². The molecule has 7 heteroatoms. The molecule has 1 aliphatic rings. The van der Waals surface area contributed by atoms with Gasteiger partial charge in [0.15, 0.2) is 5.16 Å². The molecule has 6 nitrogen and oxygen atoms in total. The molecule has 2 aromatic rings. The van der Waals surface area contributed by atoms with Gasteiger partial charge in [-0.05, 0) is 25.0 Å². The van der Waals surface area contributed by atoms with Gasteiger partial charge in [0.05, 0.1) is 19.3 Å². The number of aromatic amines is 1. The number of nitrogens with one attached hydrogen (secondary N) is 1. The van der Waals surface area contributed by atoms with Crippen molar-refractivity contribution in [2.75, 3.05) is 13.7 Å². The van der Waals surface area contributed by atoms with Crippen molar-refractivity contribution in [2.24, 2.45) is 0 Å². The monoisotopic (exact) mass is 319 g/mol. The molecule has 3 rings (SSSR count). The van der Waals surface area contributed by atoms with E-state index in [9.17, 15) is 4.79 Å². The summed E-state index contributed by atoms with van der Waals surface area (Å²) in [7, 11) is 1.61. The van der Waals surface area contributed by atoms with Crippen LogP contribution in [0.15, 0.2) is 16.0 Å². The fraction of sp³-hybridized carbons (Fsp3) is 0.400. The van der Waals surface area contributed by atoms with Crippen LogP contribution in [0.3, 0.4) is 0 Å². The summed E-state index contributed by atoms with van der Waals surface area (Å²) in [6, 6.07) is 1.91. The number of fused-ring (bicyclic) bond motifs is 1. The molecule has 0 unspecified atom stereocenters. The zero-order valence-electron chi connectivity index (χ0n) is 12.7. The van der Waals surface area contributed by atoms with Crippen molar-refractivity contribution >= 4 is 11.8 Å². The number of pyridine rings is 1. The van der Waals surface area contributed by atoms with Gasteiger partial charge in [0, 0.05) is 23.9 Å². The minimum atomic E-state index is -0.105. The van der Waals surface area contributed by atoms with Gasteiger partial charge in [0.2, 0.25) is 11.8 Å². The molecule has 116 valence electrons. The second-order valence-corrected chi connectivity index (χ2v) is 6.05. The van der Waals surface area contributed by atoms with Gasteiger partial charge in [-0.25, -0.2) is 4.98 Å². The lowest BCUT2D eigenvalue weighted by atomic mass is 10.1. The first-order chi connectivity index (χ1) is 10.6. The van der Waals surface area contributed by atoms with E-state index in [0.29, 0.717) is 41.3 Å². The average molecular weight is 319 g/mol. The maximum Gasteiger partial charge on any atom is 0.258 e. The van der Waals surface area contributed by atoms with Crippen LogP contribution in [0, 0.1) is 13.8 Å². The molecule has 0 spiro atoms. The number of hydrogen-bond acceptors (Lipinski definition) is 6. The Kier molecular flexibility index (Phi) is 4.06. The molecule has 0 atom stereocenters. The number of nitrogens with zero attached hydrogens (tertiary/aromatic N) is 2. The maximum atomic E-state index is 11.9. The van der Waals surface area contributed by atoms with E-state index in [0.717, 1.165) is 16.8 Å². The van der Waals surface area contributed by atoms with Gasteiger partial charge in [0.25, 0.3) is 5.56 Å². The summed E-state index contributed by atoms with van der Waals surface area (Å²) in [5.74, 6) is 1.75. The fourth-order valence-corrected chi connectivity index (χ4v) is 3.43. The van der Waals surface area contributed by atoms with E-state index in [1.807, 2.05) is 19.9 Å². The number of methoxy groups -OCH3 is 1. The molecule has 1 N–H and O–H groups in total. The molecule has 0 bridgehead atoms. The molecule has 2 aromatic heterocycles. The summed E-state index contributed by atoms with van der Waals surface area (Å²) in [4.78, 5) is 23.5. The van der Waals surface area contributed by atoms with Crippen molar-refractivity contribution in [2.45, 2.75) is 31.2 Å². The number of H-pyrrole nitrogens is 1. The topological polar surface area (TPSA) is 77.1 Å². The Labute approximate surface area is 132 Å². The summed E-state index contributed by atoms with van der Waals surface area (Å²) in [5.41, 5.74) is 3.68. The zero-order valence-corrected chi connectivity index (χ0v) is 13.5. The smallest absolute Gasteiger partial charge is 0.258 e. The van der Waals surface area contributed by atoms with E-state index in [1.165, 1.54) is 11.8 Å². The molecule has 22 heavy (non-hydrogen) atoms. The van der Waals surface area contributed by atoms with Gasteiger partial charge >= 0.3 is 0 Å². The van der Waals surface area contributed by atoms with Crippen molar-refractivity contribution in [1.82, 2.24) is 15.0 Å². The molecular formula is C15H17N3O3S. The second-order valence-electron chi connectivity index (χ2n) is 5.09. The quantitative estimate of drug-likeness (QED) is 0.686. The van der Waals surface area contributed by atoms with Crippen LogP contribution in [0.4, 0.5) is 0 Å². The summed E-state index contributed by atoms with van der Waals surface area (Å²) < 4.78 is 10.5. The van der Waals surface area contributed by atoms with Crippen LogP contribution in [-0.4, -0.2) is 28.7 Å². The minimum Gasteiger partial charge on any atom is -0.481 e. The fourth-order valence-electron chi connectivity index (χ4n) is 2.40. The summed E-state index contributed by atoms with van der Waals surface area (Å²) >= 11 is 1.47. The Balaban J connectivity index is 1.81. The highest BCUT2D eigenvalue weighted by Gasteiger charge is 2.19. The van der Waals surface area contributed by atoms with Crippen LogP contribution >= 0.6 is 11.8 Å². The summed E-state index contributed by atoms with van der Waals surface area (Å²) in [5, 5.41) is 0.570. The second kappa shape index (κ2) is 6.00. The van der Waals surface area contributed by atoms with Crippen LogP contribution in [0.2, 0.25) is 0 Å². The normalized spacial score (nSPS) is 12.9. The minimum absolute atomic E-state index is 0.105. The first kappa shape index (κ1) is 14.9. The molecule has 0 saturated carbocycles. The van der Waals surface area contributed by atoms with E-state index in [2.05, 4.69) is 15.0 Å². The first-order valence-corrected chi connectivity index (χ1v) is 7.97. The molecule has 3 heterocycles. The van der Waals surface area contributed by atoms with Crippen molar-refractivity contribution in [1.29, 1.82) is 0 Å². The van der Waals surface area contributed by atoms with Crippen molar-refractivity contribution in [3.05, 3.63) is 38.8 Å². The summed E-state index contributed by atoms with van der Waals surface area (Å²) in [6.45, 7) is 4.50. The average Bonchev–Trinajstić information content (AvgIpc) is 2.95. The van der Waals surface area contributed by atoms with Crippen LogP contribution in [0.5, 0.6) is 11.8 Å². The Hall–Kier alpha value is -2.02. The SMILES string of the molecule is COc1cc(C)c(CSc2nc3c(c(=O)[nH]2)CCO3)c(C)n1. The van der Waals surface area contributed by atoms with E-state index in [4.69, 9.17) is 9.47 Å². The van der Waals surface area contributed by atoms with Gasteiger partial charge in [0.1, 0.15) is 0 Å². The Morgan fingerprint density at radius 3 is 2.95 bits per heavy atom. The highest BCUT2D eigenvalue weighted by Crippen LogP contribution is 2.27. The standard InChI is InChI=1S/C15H17N3O3S/c1-8-6-12(20-3)16-9(2)11(8)7-22-15-17-13(19)10-4-5-21-14(10)18-15/h6H,4-5,7H2,1-3H3,(H,17,18,19). The Bertz CT molecular complexity index is 750. The Morgan fingerprint density at radius 2 is 2.23 bits per heavy atom. The highest BCUT2D eigenvalue weighted by atomic mass is 32.2. The number of aryl methyl sites for hydroxylation is 2. The maximum absolute atomic E-state index is 11.9. The predicted molar refractivity (Wildman–Crippen MR) is 83.9 cm³/mol. The van der Waals surface area contributed by atoms with Gasteiger partial charge in [-0.1, -0.05) is 11.8 Å². The zero-order chi connectivity index (χ0) is 15.7. The number of thioether (sulfide) groups is 1. The predicted octanol–water partition coefficient (Wildman–Crippen LogP) is 2.02. The van der Waals surface area contributed by atoms with Crippen LogP contribution in [0.25, 0.3) is 0 Å². The van der Waals surface area contributed by atoms with Crippen molar-refractivity contribution in [3.63, 3.8) is 0 Å². The number of rotatable bonds is 4.